The Morgan fingerprint density at radius 2 is 1.95 bits per heavy atom. The molecule has 114 valence electrons. The van der Waals surface area contributed by atoms with Crippen LogP contribution in [0, 0.1) is 12.8 Å². The molecule has 2 aliphatic heterocycles. The van der Waals surface area contributed by atoms with Crippen LogP contribution in [0.5, 0.6) is 0 Å². The molecule has 2 aliphatic rings. The molecule has 1 aromatic heterocycles. The average Bonchev–Trinajstić information content (AvgIpc) is 2.83. The predicted octanol–water partition coefficient (Wildman–Crippen LogP) is -0.132. The van der Waals surface area contributed by atoms with Crippen LogP contribution in [0.4, 0.5) is 0 Å². The molecule has 3 rings (SSSR count). The van der Waals surface area contributed by atoms with Crippen LogP contribution in [0.2, 0.25) is 0 Å². The van der Waals surface area contributed by atoms with Crippen LogP contribution in [0.25, 0.3) is 0 Å². The van der Waals surface area contributed by atoms with Crippen molar-refractivity contribution >= 4 is 23.3 Å². The molecule has 0 unspecified atom stereocenters. The summed E-state index contributed by atoms with van der Waals surface area (Å²) in [6.45, 7) is 5.08. The fraction of sp³-hybridized carbons (Fsp3) is 0.692. The van der Waals surface area contributed by atoms with E-state index in [9.17, 15) is 9.59 Å². The summed E-state index contributed by atoms with van der Waals surface area (Å²) in [7, 11) is 0. The number of rotatable bonds is 3. The minimum absolute atomic E-state index is 0.0185. The summed E-state index contributed by atoms with van der Waals surface area (Å²) in [5.41, 5.74) is 6.05. The molecule has 0 radical (unpaired) electrons. The minimum Gasteiger partial charge on any atom is -0.369 e. The topological polar surface area (TPSA) is 92.4 Å². The Hall–Kier alpha value is -1.54. The SMILES string of the molecule is Cc1nnsc1C(=O)N1CC(N2CCC(C(N)=O)CC2)C1. The van der Waals surface area contributed by atoms with Gasteiger partial charge in [0.15, 0.2) is 0 Å². The van der Waals surface area contributed by atoms with Gasteiger partial charge in [0.1, 0.15) is 4.88 Å². The Labute approximate surface area is 127 Å². The molecule has 3 heterocycles. The lowest BCUT2D eigenvalue weighted by Crippen LogP contribution is -2.62. The third-order valence-electron chi connectivity index (χ3n) is 4.44. The van der Waals surface area contributed by atoms with E-state index >= 15 is 0 Å². The maximum atomic E-state index is 12.3. The molecule has 2 N–H and O–H groups in total. The summed E-state index contributed by atoms with van der Waals surface area (Å²) in [4.78, 5) is 28.3. The van der Waals surface area contributed by atoms with E-state index in [0.29, 0.717) is 16.6 Å². The summed E-state index contributed by atoms with van der Waals surface area (Å²) in [6, 6.07) is 0.406. The number of carbonyl (C=O) groups is 2. The quantitative estimate of drug-likeness (QED) is 0.839. The van der Waals surface area contributed by atoms with E-state index in [2.05, 4.69) is 14.5 Å². The number of nitrogens with zero attached hydrogens (tertiary/aromatic N) is 4. The highest BCUT2D eigenvalue weighted by Crippen LogP contribution is 2.25. The molecule has 2 fully saturated rings. The van der Waals surface area contributed by atoms with Crippen LogP contribution in [0.1, 0.15) is 28.2 Å². The van der Waals surface area contributed by atoms with E-state index in [1.54, 1.807) is 0 Å². The van der Waals surface area contributed by atoms with Crippen LogP contribution >= 0.6 is 11.5 Å². The Morgan fingerprint density at radius 3 is 2.48 bits per heavy atom. The van der Waals surface area contributed by atoms with Gasteiger partial charge >= 0.3 is 0 Å². The van der Waals surface area contributed by atoms with Crippen LogP contribution < -0.4 is 5.73 Å². The van der Waals surface area contributed by atoms with E-state index in [0.717, 1.165) is 50.6 Å². The maximum Gasteiger partial charge on any atom is 0.267 e. The van der Waals surface area contributed by atoms with Gasteiger partial charge in [-0.15, -0.1) is 5.10 Å². The number of carbonyl (C=O) groups excluding carboxylic acids is 2. The standard InChI is InChI=1S/C13H19N5O2S/c1-8-11(21-16-15-8)13(20)18-6-10(7-18)17-4-2-9(3-5-17)12(14)19/h9-10H,2-7H2,1H3,(H2,14,19). The second kappa shape index (κ2) is 5.69. The van der Waals surface area contributed by atoms with Gasteiger partial charge in [-0.3, -0.25) is 14.5 Å². The number of hydrogen-bond acceptors (Lipinski definition) is 6. The van der Waals surface area contributed by atoms with Crippen molar-refractivity contribution < 1.29 is 9.59 Å². The van der Waals surface area contributed by atoms with Crippen molar-refractivity contribution in [2.75, 3.05) is 26.2 Å². The summed E-state index contributed by atoms with van der Waals surface area (Å²) in [5.74, 6) is -0.135. The summed E-state index contributed by atoms with van der Waals surface area (Å²) in [6.07, 6.45) is 1.66. The molecule has 7 nitrogen and oxygen atoms in total. The number of likely N-dealkylation sites (tertiary alicyclic amines) is 2. The molecule has 0 bridgehead atoms. The molecule has 8 heteroatoms. The zero-order valence-corrected chi connectivity index (χ0v) is 12.8. The number of primary amides is 1. The van der Waals surface area contributed by atoms with Crippen LogP contribution in [-0.4, -0.2) is 63.4 Å². The second-order valence-electron chi connectivity index (χ2n) is 5.76. The number of piperidine rings is 1. The van der Waals surface area contributed by atoms with Gasteiger partial charge in [0.2, 0.25) is 5.91 Å². The molecule has 2 amide bonds. The van der Waals surface area contributed by atoms with Crippen molar-refractivity contribution in [3.8, 4) is 0 Å². The Morgan fingerprint density at radius 1 is 1.29 bits per heavy atom. The lowest BCUT2D eigenvalue weighted by atomic mass is 9.93. The van der Waals surface area contributed by atoms with Crippen LogP contribution in [0.15, 0.2) is 0 Å². The Kier molecular flexibility index (Phi) is 3.90. The van der Waals surface area contributed by atoms with Crippen molar-refractivity contribution in [2.24, 2.45) is 11.7 Å². The van der Waals surface area contributed by atoms with Crippen LogP contribution in [-0.2, 0) is 4.79 Å². The molecule has 0 aromatic carbocycles. The van der Waals surface area contributed by atoms with Crippen molar-refractivity contribution in [2.45, 2.75) is 25.8 Å². The van der Waals surface area contributed by atoms with Gasteiger partial charge < -0.3 is 10.6 Å². The summed E-state index contributed by atoms with van der Waals surface area (Å²) >= 11 is 1.16. The van der Waals surface area contributed by atoms with E-state index in [1.807, 2.05) is 11.8 Å². The third kappa shape index (κ3) is 2.77. The zero-order chi connectivity index (χ0) is 15.0. The molecule has 1 aromatic rings. The molecule has 21 heavy (non-hydrogen) atoms. The first-order chi connectivity index (χ1) is 10.1. The zero-order valence-electron chi connectivity index (χ0n) is 12.0. The highest BCUT2D eigenvalue weighted by Gasteiger charge is 2.38. The number of aromatic nitrogens is 2. The predicted molar refractivity (Wildman–Crippen MR) is 77.8 cm³/mol. The Balaban J connectivity index is 1.49. The monoisotopic (exact) mass is 309 g/mol. The van der Waals surface area contributed by atoms with Gasteiger partial charge in [0.05, 0.1) is 5.69 Å². The van der Waals surface area contributed by atoms with Gasteiger partial charge in [-0.05, 0) is 44.4 Å². The Bertz CT molecular complexity index is 547. The highest BCUT2D eigenvalue weighted by atomic mass is 32.1. The maximum absolute atomic E-state index is 12.3. The van der Waals surface area contributed by atoms with Gasteiger partial charge in [-0.1, -0.05) is 4.49 Å². The van der Waals surface area contributed by atoms with Gasteiger partial charge in [0.25, 0.3) is 5.91 Å². The van der Waals surface area contributed by atoms with Crippen molar-refractivity contribution in [3.63, 3.8) is 0 Å². The van der Waals surface area contributed by atoms with E-state index < -0.39 is 0 Å². The van der Waals surface area contributed by atoms with E-state index in [-0.39, 0.29) is 17.7 Å². The fourth-order valence-electron chi connectivity index (χ4n) is 2.97. The van der Waals surface area contributed by atoms with Gasteiger partial charge in [0, 0.05) is 25.0 Å². The molecule has 0 saturated carbocycles. The van der Waals surface area contributed by atoms with Gasteiger partial charge in [-0.25, -0.2) is 0 Å². The molecule has 0 aliphatic carbocycles. The van der Waals surface area contributed by atoms with Crippen molar-refractivity contribution in [1.29, 1.82) is 0 Å². The third-order valence-corrected chi connectivity index (χ3v) is 5.26. The van der Waals surface area contributed by atoms with Gasteiger partial charge in [-0.2, -0.15) is 0 Å². The lowest BCUT2D eigenvalue weighted by Gasteiger charge is -2.47. The highest BCUT2D eigenvalue weighted by molar-refractivity contribution is 7.07. The lowest BCUT2D eigenvalue weighted by molar-refractivity contribution is -0.123. The largest absolute Gasteiger partial charge is 0.369 e. The van der Waals surface area contributed by atoms with E-state index in [4.69, 9.17) is 5.73 Å². The second-order valence-corrected chi connectivity index (χ2v) is 6.52. The summed E-state index contributed by atoms with van der Waals surface area (Å²) in [5, 5.41) is 3.88. The molecule has 0 spiro atoms. The van der Waals surface area contributed by atoms with Crippen LogP contribution in [0.3, 0.4) is 0 Å². The number of nitrogens with two attached hydrogens (primary N) is 1. The average molecular weight is 309 g/mol. The van der Waals surface area contributed by atoms with Crippen molar-refractivity contribution in [1.82, 2.24) is 19.4 Å². The smallest absolute Gasteiger partial charge is 0.267 e. The summed E-state index contributed by atoms with van der Waals surface area (Å²) < 4.78 is 3.81. The fourth-order valence-corrected chi connectivity index (χ4v) is 3.60. The molecule has 0 atom stereocenters. The number of amides is 2. The van der Waals surface area contributed by atoms with Crippen molar-refractivity contribution in [3.05, 3.63) is 10.6 Å². The normalized spacial score (nSPS) is 21.3. The number of aryl methyl sites for hydroxylation is 1. The molecular weight excluding hydrogens is 290 g/mol. The first-order valence-electron chi connectivity index (χ1n) is 7.18. The first kappa shape index (κ1) is 14.4. The first-order valence-corrected chi connectivity index (χ1v) is 7.95. The van der Waals surface area contributed by atoms with E-state index in [1.165, 1.54) is 0 Å². The molecular formula is C13H19N5O2S. The molecule has 2 saturated heterocycles. The minimum atomic E-state index is -0.187. The number of hydrogen-bond donors (Lipinski definition) is 1.